The lowest BCUT2D eigenvalue weighted by molar-refractivity contribution is -0.144. The Bertz CT molecular complexity index is 1210. The first kappa shape index (κ1) is 25.2. The second-order valence-corrected chi connectivity index (χ2v) is 9.47. The number of amides is 2. The van der Waals surface area contributed by atoms with Gasteiger partial charge in [-0.15, -0.1) is 10.2 Å². The molecular formula is C25H32N6O6. The lowest BCUT2D eigenvalue weighted by atomic mass is 10.1. The Balaban J connectivity index is 1.38. The van der Waals surface area contributed by atoms with Crippen LogP contribution in [0.5, 0.6) is 0 Å². The highest BCUT2D eigenvalue weighted by molar-refractivity contribution is 5.88. The summed E-state index contributed by atoms with van der Waals surface area (Å²) in [5, 5.41) is 15.3. The molecule has 2 aliphatic rings. The zero-order valence-corrected chi connectivity index (χ0v) is 21.1. The van der Waals surface area contributed by atoms with Crippen LogP contribution in [-0.4, -0.2) is 75.4 Å². The summed E-state index contributed by atoms with van der Waals surface area (Å²) < 4.78 is 22.9. The van der Waals surface area contributed by atoms with E-state index in [0.29, 0.717) is 37.0 Å². The molecule has 5 rings (SSSR count). The first-order valence-electron chi connectivity index (χ1n) is 12.7. The fourth-order valence-corrected chi connectivity index (χ4v) is 4.68. The van der Waals surface area contributed by atoms with Crippen LogP contribution >= 0.6 is 0 Å². The summed E-state index contributed by atoms with van der Waals surface area (Å²) in [6.45, 7) is 5.32. The second-order valence-electron chi connectivity index (χ2n) is 9.47. The third kappa shape index (κ3) is 6.08. The normalized spacial score (nSPS) is 20.3. The molecule has 2 saturated heterocycles. The predicted octanol–water partition coefficient (Wildman–Crippen LogP) is 2.19. The zero-order chi connectivity index (χ0) is 25.8. The predicted molar refractivity (Wildman–Crippen MR) is 129 cm³/mol. The number of furan rings is 2. The van der Waals surface area contributed by atoms with Gasteiger partial charge in [-0.2, -0.15) is 4.80 Å². The van der Waals surface area contributed by atoms with Crippen LogP contribution in [0.3, 0.4) is 0 Å². The number of hydrogen-bond acceptors (Lipinski definition) is 9. The third-order valence-electron chi connectivity index (χ3n) is 6.55. The van der Waals surface area contributed by atoms with Gasteiger partial charge in [-0.3, -0.25) is 9.59 Å². The molecule has 0 aliphatic carbocycles. The Morgan fingerprint density at radius 1 is 1.05 bits per heavy atom. The molecule has 0 radical (unpaired) electrons. The van der Waals surface area contributed by atoms with Gasteiger partial charge in [-0.1, -0.05) is 0 Å². The first-order valence-corrected chi connectivity index (χ1v) is 12.7. The van der Waals surface area contributed by atoms with Crippen LogP contribution in [0, 0.1) is 13.8 Å². The summed E-state index contributed by atoms with van der Waals surface area (Å²) >= 11 is 0. The van der Waals surface area contributed by atoms with Gasteiger partial charge in [0, 0.05) is 26.3 Å². The Hall–Kier alpha value is -3.51. The molecule has 12 heteroatoms. The van der Waals surface area contributed by atoms with E-state index in [2.05, 4.69) is 20.7 Å². The summed E-state index contributed by atoms with van der Waals surface area (Å²) in [5.41, 5.74) is 0. The van der Waals surface area contributed by atoms with E-state index >= 15 is 0 Å². The molecule has 3 atom stereocenters. The summed E-state index contributed by atoms with van der Waals surface area (Å²) in [6, 6.07) is 6.07. The maximum absolute atomic E-state index is 13.7. The van der Waals surface area contributed by atoms with Crippen molar-refractivity contribution in [3.63, 3.8) is 0 Å². The quantitative estimate of drug-likeness (QED) is 0.433. The molecule has 2 amide bonds. The van der Waals surface area contributed by atoms with Crippen molar-refractivity contribution < 1.29 is 27.9 Å². The lowest BCUT2D eigenvalue weighted by Crippen LogP contribution is -2.48. The zero-order valence-electron chi connectivity index (χ0n) is 21.1. The van der Waals surface area contributed by atoms with E-state index < -0.39 is 6.04 Å². The second kappa shape index (κ2) is 11.3. The molecule has 5 heterocycles. The summed E-state index contributed by atoms with van der Waals surface area (Å²) in [7, 11) is 0. The van der Waals surface area contributed by atoms with Crippen LogP contribution in [-0.2, 0) is 25.6 Å². The average molecular weight is 513 g/mol. The number of hydrogen-bond donors (Lipinski definition) is 1. The molecule has 2 aliphatic heterocycles. The fraction of sp³-hybridized carbons (Fsp3) is 0.560. The number of rotatable bonds is 10. The number of nitrogens with one attached hydrogen (secondary N) is 1. The highest BCUT2D eigenvalue weighted by Crippen LogP contribution is 2.27. The molecule has 1 N–H and O–H groups in total. The van der Waals surface area contributed by atoms with E-state index in [0.717, 1.165) is 31.4 Å². The molecule has 0 spiro atoms. The minimum atomic E-state index is -0.984. The van der Waals surface area contributed by atoms with Gasteiger partial charge in [-0.25, -0.2) is 0 Å². The number of ether oxygens (including phenoxy) is 2. The highest BCUT2D eigenvalue weighted by Gasteiger charge is 2.37. The van der Waals surface area contributed by atoms with E-state index in [1.54, 1.807) is 31.2 Å². The summed E-state index contributed by atoms with van der Waals surface area (Å²) in [6.07, 6.45) is 3.34. The standard InChI is InChI=1S/C25H32N6O6/c1-16-7-9-20(36-16)23(25(33)26-13-18-5-3-11-34-18)30(14-19-6-4-12-35-19)22(32)15-31-28-24(27-29-31)21-10-8-17(2)37-21/h7-10,18-19,23H,3-6,11-15H2,1-2H3,(H,26,33)/t18-,19+,23+/m0/s1. The first-order chi connectivity index (χ1) is 18.0. The molecule has 0 aromatic carbocycles. The minimum Gasteiger partial charge on any atom is -0.464 e. The van der Waals surface area contributed by atoms with Crippen LogP contribution in [0.15, 0.2) is 33.1 Å². The Morgan fingerprint density at radius 3 is 2.43 bits per heavy atom. The fourth-order valence-electron chi connectivity index (χ4n) is 4.68. The van der Waals surface area contributed by atoms with Crippen molar-refractivity contribution in [1.29, 1.82) is 0 Å². The molecule has 12 nitrogen and oxygen atoms in total. The molecule has 0 saturated carbocycles. The van der Waals surface area contributed by atoms with Gasteiger partial charge in [0.05, 0.1) is 12.2 Å². The van der Waals surface area contributed by atoms with Gasteiger partial charge in [0.15, 0.2) is 11.8 Å². The molecule has 37 heavy (non-hydrogen) atoms. The van der Waals surface area contributed by atoms with Crippen molar-refractivity contribution in [1.82, 2.24) is 30.4 Å². The van der Waals surface area contributed by atoms with E-state index in [1.165, 1.54) is 9.70 Å². The van der Waals surface area contributed by atoms with Crippen LogP contribution in [0.1, 0.15) is 49.0 Å². The smallest absolute Gasteiger partial charge is 0.250 e. The monoisotopic (exact) mass is 512 g/mol. The van der Waals surface area contributed by atoms with E-state index in [4.69, 9.17) is 18.3 Å². The SMILES string of the molecule is Cc1ccc(-c2nnn(CC(=O)N(C[C@H]3CCCO3)[C@@H](C(=O)NC[C@@H]3CCCO3)c3ccc(C)o3)n2)o1. The number of carbonyl (C=O) groups excluding carboxylic acids is 2. The molecule has 0 bridgehead atoms. The van der Waals surface area contributed by atoms with Crippen molar-refractivity contribution in [2.24, 2.45) is 0 Å². The summed E-state index contributed by atoms with van der Waals surface area (Å²) in [4.78, 5) is 30.0. The van der Waals surface area contributed by atoms with Crippen LogP contribution in [0.4, 0.5) is 0 Å². The molecule has 198 valence electrons. The largest absolute Gasteiger partial charge is 0.464 e. The maximum Gasteiger partial charge on any atom is 0.250 e. The van der Waals surface area contributed by atoms with Gasteiger partial charge in [0.25, 0.3) is 5.91 Å². The van der Waals surface area contributed by atoms with E-state index in [9.17, 15) is 9.59 Å². The van der Waals surface area contributed by atoms with Crippen LogP contribution in [0.2, 0.25) is 0 Å². The molecule has 3 aromatic heterocycles. The molecule has 2 fully saturated rings. The van der Waals surface area contributed by atoms with Crippen molar-refractivity contribution in [3.8, 4) is 11.6 Å². The van der Waals surface area contributed by atoms with Crippen LogP contribution in [0.25, 0.3) is 11.6 Å². The number of aryl methyl sites for hydroxylation is 2. The highest BCUT2D eigenvalue weighted by atomic mass is 16.5. The van der Waals surface area contributed by atoms with Crippen LogP contribution < -0.4 is 5.32 Å². The van der Waals surface area contributed by atoms with E-state index in [-0.39, 0.29) is 42.9 Å². The Labute approximate surface area is 214 Å². The van der Waals surface area contributed by atoms with Gasteiger partial charge in [-0.05, 0) is 69.0 Å². The third-order valence-corrected chi connectivity index (χ3v) is 6.55. The minimum absolute atomic E-state index is 0.0340. The Morgan fingerprint density at radius 2 is 1.78 bits per heavy atom. The maximum atomic E-state index is 13.7. The van der Waals surface area contributed by atoms with Gasteiger partial charge < -0.3 is 28.5 Å². The number of aromatic nitrogens is 4. The molecule has 3 aromatic rings. The van der Waals surface area contributed by atoms with Crippen molar-refractivity contribution in [3.05, 3.63) is 41.5 Å². The average Bonchev–Trinajstić information content (AvgIpc) is 3.69. The van der Waals surface area contributed by atoms with Crippen molar-refractivity contribution in [2.75, 3.05) is 26.3 Å². The Kier molecular flexibility index (Phi) is 7.65. The van der Waals surface area contributed by atoms with Crippen molar-refractivity contribution in [2.45, 2.75) is 64.3 Å². The number of carbonyl (C=O) groups is 2. The van der Waals surface area contributed by atoms with E-state index in [1.807, 2.05) is 6.92 Å². The molecule has 0 unspecified atom stereocenters. The lowest BCUT2D eigenvalue weighted by Gasteiger charge is -2.31. The van der Waals surface area contributed by atoms with Crippen molar-refractivity contribution >= 4 is 11.8 Å². The number of nitrogens with zero attached hydrogens (tertiary/aromatic N) is 5. The topological polar surface area (TPSA) is 138 Å². The van der Waals surface area contributed by atoms with Gasteiger partial charge in [0.2, 0.25) is 11.7 Å². The number of tetrazole rings is 1. The summed E-state index contributed by atoms with van der Waals surface area (Å²) in [5.74, 6) is 1.79. The molecular weight excluding hydrogens is 480 g/mol. The van der Waals surface area contributed by atoms with Gasteiger partial charge in [0.1, 0.15) is 23.8 Å². The van der Waals surface area contributed by atoms with Gasteiger partial charge >= 0.3 is 0 Å².